The summed E-state index contributed by atoms with van der Waals surface area (Å²) in [6, 6.07) is 0. The van der Waals surface area contributed by atoms with E-state index in [1.807, 2.05) is 13.8 Å². The lowest BCUT2D eigenvalue weighted by Crippen LogP contribution is -2.29. The van der Waals surface area contributed by atoms with E-state index >= 15 is 0 Å². The van der Waals surface area contributed by atoms with Crippen molar-refractivity contribution in [1.82, 2.24) is 9.97 Å². The molecule has 0 radical (unpaired) electrons. The van der Waals surface area contributed by atoms with Crippen LogP contribution in [0, 0.1) is 18.3 Å². The van der Waals surface area contributed by atoms with Gasteiger partial charge in [-0.05, 0) is 18.3 Å². The standard InChI is InChI=1S/C14H24ClN3/c1-7-11-17-12(15)10(4)13(18-11)16-8-14(5,6)9(2)3/h9H,7-8H2,1-6H3,(H,16,17,18). The van der Waals surface area contributed by atoms with Crippen LogP contribution in [-0.4, -0.2) is 16.5 Å². The SMILES string of the molecule is CCc1nc(Cl)c(C)c(NCC(C)(C)C(C)C)n1. The van der Waals surface area contributed by atoms with Gasteiger partial charge in [-0.25, -0.2) is 9.97 Å². The number of rotatable bonds is 5. The number of hydrogen-bond acceptors (Lipinski definition) is 3. The van der Waals surface area contributed by atoms with E-state index in [1.54, 1.807) is 0 Å². The number of anilines is 1. The average Bonchev–Trinajstić information content (AvgIpc) is 2.30. The summed E-state index contributed by atoms with van der Waals surface area (Å²) >= 11 is 6.12. The summed E-state index contributed by atoms with van der Waals surface area (Å²) in [4.78, 5) is 8.75. The molecule has 18 heavy (non-hydrogen) atoms. The van der Waals surface area contributed by atoms with Crippen LogP contribution in [0.4, 0.5) is 5.82 Å². The maximum atomic E-state index is 6.12. The zero-order chi connectivity index (χ0) is 13.9. The minimum Gasteiger partial charge on any atom is -0.369 e. The second kappa shape index (κ2) is 5.87. The molecule has 0 spiro atoms. The second-order valence-corrected chi connectivity index (χ2v) is 6.11. The van der Waals surface area contributed by atoms with Crippen molar-refractivity contribution in [3.05, 3.63) is 16.5 Å². The third-order valence-corrected chi connectivity index (χ3v) is 4.09. The normalized spacial score (nSPS) is 12.0. The zero-order valence-electron chi connectivity index (χ0n) is 12.3. The van der Waals surface area contributed by atoms with Crippen LogP contribution in [0.2, 0.25) is 5.15 Å². The molecule has 1 N–H and O–H groups in total. The fourth-order valence-electron chi connectivity index (χ4n) is 1.38. The van der Waals surface area contributed by atoms with Crippen LogP contribution < -0.4 is 5.32 Å². The first-order valence-corrected chi connectivity index (χ1v) is 6.92. The Hall–Kier alpha value is -0.830. The molecule has 4 heteroatoms. The van der Waals surface area contributed by atoms with E-state index < -0.39 is 0 Å². The lowest BCUT2D eigenvalue weighted by Gasteiger charge is -2.30. The maximum Gasteiger partial charge on any atom is 0.137 e. The van der Waals surface area contributed by atoms with E-state index in [2.05, 4.69) is 43.0 Å². The molecule has 0 amide bonds. The number of hydrogen-bond donors (Lipinski definition) is 1. The van der Waals surface area contributed by atoms with Crippen molar-refractivity contribution in [2.45, 2.75) is 48.0 Å². The monoisotopic (exact) mass is 269 g/mol. The molecule has 0 unspecified atom stereocenters. The summed E-state index contributed by atoms with van der Waals surface area (Å²) in [5.74, 6) is 2.25. The van der Waals surface area contributed by atoms with Gasteiger partial charge in [0.1, 0.15) is 16.8 Å². The Morgan fingerprint density at radius 1 is 1.28 bits per heavy atom. The molecule has 0 bridgehead atoms. The number of nitrogens with one attached hydrogen (secondary N) is 1. The zero-order valence-corrected chi connectivity index (χ0v) is 13.0. The van der Waals surface area contributed by atoms with E-state index in [0.29, 0.717) is 11.1 Å². The Morgan fingerprint density at radius 2 is 1.89 bits per heavy atom. The molecule has 0 aliphatic heterocycles. The van der Waals surface area contributed by atoms with Crippen molar-refractivity contribution < 1.29 is 0 Å². The predicted molar refractivity (Wildman–Crippen MR) is 78.3 cm³/mol. The van der Waals surface area contributed by atoms with Gasteiger partial charge in [-0.1, -0.05) is 46.2 Å². The fraction of sp³-hybridized carbons (Fsp3) is 0.714. The van der Waals surface area contributed by atoms with Crippen molar-refractivity contribution in [2.24, 2.45) is 11.3 Å². The first-order chi connectivity index (χ1) is 8.27. The highest BCUT2D eigenvalue weighted by Crippen LogP contribution is 2.27. The van der Waals surface area contributed by atoms with Crippen molar-refractivity contribution in [1.29, 1.82) is 0 Å². The van der Waals surface area contributed by atoms with Gasteiger partial charge in [-0.3, -0.25) is 0 Å². The fourth-order valence-corrected chi connectivity index (χ4v) is 1.57. The molecule has 1 heterocycles. The summed E-state index contributed by atoms with van der Waals surface area (Å²) < 4.78 is 0. The first kappa shape index (κ1) is 15.2. The van der Waals surface area contributed by atoms with E-state index in [1.165, 1.54) is 0 Å². The molecule has 0 aromatic carbocycles. The highest BCUT2D eigenvalue weighted by atomic mass is 35.5. The Bertz CT molecular complexity index is 414. The average molecular weight is 270 g/mol. The summed E-state index contributed by atoms with van der Waals surface area (Å²) in [6.07, 6.45) is 0.794. The van der Waals surface area contributed by atoms with Gasteiger partial charge in [0.05, 0.1) is 0 Å². The largest absolute Gasteiger partial charge is 0.369 e. The Kier molecular flexibility index (Phi) is 4.97. The van der Waals surface area contributed by atoms with Crippen molar-refractivity contribution in [3.63, 3.8) is 0 Å². The summed E-state index contributed by atoms with van der Waals surface area (Å²) in [7, 11) is 0. The van der Waals surface area contributed by atoms with Gasteiger partial charge < -0.3 is 5.32 Å². The first-order valence-electron chi connectivity index (χ1n) is 6.54. The molecule has 3 nitrogen and oxygen atoms in total. The van der Waals surface area contributed by atoms with Gasteiger partial charge in [0.2, 0.25) is 0 Å². The highest BCUT2D eigenvalue weighted by Gasteiger charge is 2.22. The van der Waals surface area contributed by atoms with Crippen molar-refractivity contribution in [2.75, 3.05) is 11.9 Å². The number of nitrogens with zero attached hydrogens (tertiary/aromatic N) is 2. The van der Waals surface area contributed by atoms with Crippen LogP contribution in [0.5, 0.6) is 0 Å². The Labute approximate surface area is 115 Å². The molecule has 0 aliphatic carbocycles. The molecular formula is C14H24ClN3. The van der Waals surface area contributed by atoms with Crippen molar-refractivity contribution in [3.8, 4) is 0 Å². The third kappa shape index (κ3) is 3.58. The number of aryl methyl sites for hydroxylation is 1. The molecule has 0 saturated carbocycles. The van der Waals surface area contributed by atoms with E-state index in [0.717, 1.165) is 30.2 Å². The van der Waals surface area contributed by atoms with Gasteiger partial charge in [-0.2, -0.15) is 0 Å². The van der Waals surface area contributed by atoms with Crippen molar-refractivity contribution >= 4 is 17.4 Å². The molecule has 1 aromatic rings. The van der Waals surface area contributed by atoms with Crippen LogP contribution in [0.25, 0.3) is 0 Å². The second-order valence-electron chi connectivity index (χ2n) is 5.75. The molecule has 0 fully saturated rings. The molecular weight excluding hydrogens is 246 g/mol. The molecule has 0 saturated heterocycles. The van der Waals surface area contributed by atoms with Crippen LogP contribution in [-0.2, 0) is 6.42 Å². The lowest BCUT2D eigenvalue weighted by atomic mass is 9.81. The lowest BCUT2D eigenvalue weighted by molar-refractivity contribution is 0.269. The van der Waals surface area contributed by atoms with Crippen LogP contribution >= 0.6 is 11.6 Å². The molecule has 102 valence electrons. The van der Waals surface area contributed by atoms with Gasteiger partial charge in [0.25, 0.3) is 0 Å². The Balaban J connectivity index is 2.88. The summed E-state index contributed by atoms with van der Waals surface area (Å²) in [5, 5.41) is 3.96. The van der Waals surface area contributed by atoms with Crippen LogP contribution in [0.3, 0.4) is 0 Å². The molecule has 0 atom stereocenters. The number of aromatic nitrogens is 2. The maximum absolute atomic E-state index is 6.12. The molecule has 1 aromatic heterocycles. The van der Waals surface area contributed by atoms with Gasteiger partial charge in [-0.15, -0.1) is 0 Å². The molecule has 1 rings (SSSR count). The number of halogens is 1. The quantitative estimate of drug-likeness (QED) is 0.818. The summed E-state index contributed by atoms with van der Waals surface area (Å²) in [5.41, 5.74) is 1.14. The van der Waals surface area contributed by atoms with Gasteiger partial charge in [0.15, 0.2) is 0 Å². The predicted octanol–water partition coefficient (Wildman–Crippen LogP) is 4.09. The Morgan fingerprint density at radius 3 is 2.39 bits per heavy atom. The summed E-state index contributed by atoms with van der Waals surface area (Å²) in [6.45, 7) is 13.8. The smallest absolute Gasteiger partial charge is 0.137 e. The van der Waals surface area contributed by atoms with E-state index in [-0.39, 0.29) is 5.41 Å². The van der Waals surface area contributed by atoms with E-state index in [4.69, 9.17) is 11.6 Å². The van der Waals surface area contributed by atoms with E-state index in [9.17, 15) is 0 Å². The minimum absolute atomic E-state index is 0.218. The molecule has 0 aliphatic rings. The highest BCUT2D eigenvalue weighted by molar-refractivity contribution is 6.30. The topological polar surface area (TPSA) is 37.8 Å². The third-order valence-electron chi connectivity index (χ3n) is 3.72. The van der Waals surface area contributed by atoms with Crippen LogP contribution in [0.15, 0.2) is 0 Å². The minimum atomic E-state index is 0.218. The van der Waals surface area contributed by atoms with Gasteiger partial charge >= 0.3 is 0 Å². The van der Waals surface area contributed by atoms with Crippen LogP contribution in [0.1, 0.15) is 46.0 Å². The van der Waals surface area contributed by atoms with Gasteiger partial charge in [0, 0.05) is 18.5 Å².